The molecule has 1 aromatic carbocycles. The molecule has 0 saturated carbocycles. The highest BCUT2D eigenvalue weighted by molar-refractivity contribution is 6.33. The number of fused-ring (bicyclic) bond motifs is 1. The molecule has 9 nitrogen and oxygen atoms in total. The first kappa shape index (κ1) is 26.7. The summed E-state index contributed by atoms with van der Waals surface area (Å²) in [5, 5.41) is 4.95. The van der Waals surface area contributed by atoms with E-state index in [4.69, 9.17) is 25.8 Å². The number of ether oxygens (including phenoxy) is 3. The van der Waals surface area contributed by atoms with Crippen LogP contribution in [0, 0.1) is 0 Å². The van der Waals surface area contributed by atoms with Crippen molar-refractivity contribution in [3.05, 3.63) is 63.8 Å². The van der Waals surface area contributed by atoms with Gasteiger partial charge in [-0.3, -0.25) is 14.3 Å². The topological polar surface area (TPSA) is 87.3 Å². The quantitative estimate of drug-likeness (QED) is 0.382. The molecular formula is C25H33ClN4O5. The van der Waals surface area contributed by atoms with E-state index >= 15 is 0 Å². The Kier molecular flexibility index (Phi) is 8.93. The first-order valence-corrected chi connectivity index (χ1v) is 11.9. The number of carbonyl (C=O) groups is 1. The van der Waals surface area contributed by atoms with Crippen LogP contribution in [0.5, 0.6) is 0 Å². The predicted molar refractivity (Wildman–Crippen MR) is 134 cm³/mol. The largest absolute Gasteiger partial charge is 0.444 e. The fourth-order valence-electron chi connectivity index (χ4n) is 3.56. The van der Waals surface area contributed by atoms with Gasteiger partial charge in [0.15, 0.2) is 5.82 Å². The summed E-state index contributed by atoms with van der Waals surface area (Å²) in [5.74, 6) is 0.360. The Morgan fingerprint density at radius 1 is 1.17 bits per heavy atom. The maximum absolute atomic E-state index is 13.5. The molecule has 0 aliphatic rings. The third kappa shape index (κ3) is 6.84. The van der Waals surface area contributed by atoms with Crippen LogP contribution in [-0.2, 0) is 20.8 Å². The number of halogens is 1. The average molecular weight is 505 g/mol. The molecule has 35 heavy (non-hydrogen) atoms. The van der Waals surface area contributed by atoms with E-state index in [-0.39, 0.29) is 30.3 Å². The molecule has 3 rings (SSSR count). The number of para-hydroxylation sites is 1. The first-order valence-electron chi connectivity index (χ1n) is 11.6. The second-order valence-corrected chi connectivity index (χ2v) is 9.51. The van der Waals surface area contributed by atoms with E-state index < -0.39 is 11.7 Å². The molecule has 0 bridgehead atoms. The van der Waals surface area contributed by atoms with Gasteiger partial charge in [0, 0.05) is 13.3 Å². The van der Waals surface area contributed by atoms with Gasteiger partial charge >= 0.3 is 6.09 Å². The Hall–Kier alpha value is -2.88. The molecule has 1 amide bonds. The van der Waals surface area contributed by atoms with E-state index in [9.17, 15) is 9.59 Å². The maximum Gasteiger partial charge on any atom is 0.410 e. The predicted octanol–water partition coefficient (Wildman–Crippen LogP) is 4.32. The fourth-order valence-corrected chi connectivity index (χ4v) is 3.79. The van der Waals surface area contributed by atoms with Gasteiger partial charge in [-0.25, -0.2) is 9.31 Å². The van der Waals surface area contributed by atoms with Crippen LogP contribution >= 0.6 is 11.6 Å². The van der Waals surface area contributed by atoms with Gasteiger partial charge < -0.3 is 14.2 Å². The Balaban J connectivity index is 2.05. The summed E-state index contributed by atoms with van der Waals surface area (Å²) in [7, 11) is 1.61. The highest BCUT2D eigenvalue weighted by atomic mass is 35.5. The molecule has 1 atom stereocenters. The van der Waals surface area contributed by atoms with E-state index in [0.717, 1.165) is 0 Å². The number of nitrogens with zero attached hydrogens (tertiary/aromatic N) is 4. The molecule has 0 spiro atoms. The summed E-state index contributed by atoms with van der Waals surface area (Å²) < 4.78 is 19.6. The van der Waals surface area contributed by atoms with E-state index in [1.54, 1.807) is 31.5 Å². The number of methoxy groups -OCH3 is 1. The van der Waals surface area contributed by atoms with Crippen molar-refractivity contribution in [3.8, 4) is 5.69 Å². The first-order chi connectivity index (χ1) is 16.6. The molecule has 0 saturated heterocycles. The van der Waals surface area contributed by atoms with Gasteiger partial charge in [-0.15, -0.1) is 0 Å². The third-order valence-corrected chi connectivity index (χ3v) is 5.53. The molecule has 0 aliphatic carbocycles. The van der Waals surface area contributed by atoms with Crippen molar-refractivity contribution in [1.82, 2.24) is 19.1 Å². The zero-order valence-corrected chi connectivity index (χ0v) is 21.6. The number of hydrogen-bond acceptors (Lipinski definition) is 6. The lowest BCUT2D eigenvalue weighted by Crippen LogP contribution is -2.43. The van der Waals surface area contributed by atoms with Gasteiger partial charge in [-0.05, 0) is 45.4 Å². The Labute approximate surface area is 210 Å². The van der Waals surface area contributed by atoms with Crippen molar-refractivity contribution < 1.29 is 19.0 Å². The number of amides is 1. The average Bonchev–Trinajstić information content (AvgIpc) is 3.18. The Morgan fingerprint density at radius 3 is 2.51 bits per heavy atom. The minimum atomic E-state index is -0.696. The van der Waals surface area contributed by atoms with E-state index in [0.29, 0.717) is 36.2 Å². The van der Waals surface area contributed by atoms with Crippen LogP contribution in [0.1, 0.15) is 39.9 Å². The van der Waals surface area contributed by atoms with Gasteiger partial charge in [0.05, 0.1) is 43.1 Å². The molecule has 2 aromatic heterocycles. The number of benzene rings is 1. The minimum Gasteiger partial charge on any atom is -0.444 e. The van der Waals surface area contributed by atoms with Crippen molar-refractivity contribution in [2.24, 2.45) is 0 Å². The number of aromatic nitrogens is 3. The van der Waals surface area contributed by atoms with Crippen molar-refractivity contribution >= 4 is 23.2 Å². The van der Waals surface area contributed by atoms with E-state index in [1.165, 1.54) is 14.0 Å². The lowest BCUT2D eigenvalue weighted by molar-refractivity contribution is -0.0180. The van der Waals surface area contributed by atoms with Gasteiger partial charge in [-0.1, -0.05) is 36.7 Å². The third-order valence-electron chi connectivity index (χ3n) is 5.22. The molecule has 2 heterocycles. The molecule has 0 radical (unpaired) electrons. The Bertz CT molecular complexity index is 1190. The number of carbonyl (C=O) groups excluding carboxylic acids is 1. The summed E-state index contributed by atoms with van der Waals surface area (Å²) in [6, 6.07) is 10.8. The normalized spacial score (nSPS) is 12.6. The second kappa shape index (κ2) is 11.7. The van der Waals surface area contributed by atoms with Crippen LogP contribution in [0.2, 0.25) is 5.02 Å². The summed E-state index contributed by atoms with van der Waals surface area (Å²) >= 11 is 6.28. The van der Waals surface area contributed by atoms with Gasteiger partial charge in [0.2, 0.25) is 0 Å². The Morgan fingerprint density at radius 2 is 1.89 bits per heavy atom. The van der Waals surface area contributed by atoms with Crippen LogP contribution in [0.15, 0.2) is 47.4 Å². The summed E-state index contributed by atoms with van der Waals surface area (Å²) in [5.41, 5.74) is -0.147. The molecule has 190 valence electrons. The summed E-state index contributed by atoms with van der Waals surface area (Å²) in [4.78, 5) is 28.3. The molecule has 0 N–H and O–H groups in total. The van der Waals surface area contributed by atoms with Gasteiger partial charge in [0.25, 0.3) is 5.56 Å². The smallest absolute Gasteiger partial charge is 0.410 e. The summed E-state index contributed by atoms with van der Waals surface area (Å²) in [6.45, 7) is 8.53. The fraction of sp³-hybridized carbons (Fsp3) is 0.480. The second-order valence-electron chi connectivity index (χ2n) is 9.10. The number of rotatable bonds is 10. The van der Waals surface area contributed by atoms with Crippen LogP contribution < -0.4 is 5.56 Å². The van der Waals surface area contributed by atoms with Crippen molar-refractivity contribution in [2.75, 3.05) is 26.9 Å². The zero-order valence-electron chi connectivity index (χ0n) is 20.9. The van der Waals surface area contributed by atoms with Gasteiger partial charge in [-0.2, -0.15) is 5.10 Å². The monoisotopic (exact) mass is 504 g/mol. The molecule has 0 aliphatic heterocycles. The van der Waals surface area contributed by atoms with Crippen LogP contribution in [0.25, 0.3) is 11.2 Å². The lowest BCUT2D eigenvalue weighted by Gasteiger charge is -2.30. The van der Waals surface area contributed by atoms with Gasteiger partial charge in [0.1, 0.15) is 11.1 Å². The minimum absolute atomic E-state index is 0.0227. The van der Waals surface area contributed by atoms with Crippen molar-refractivity contribution in [3.63, 3.8) is 0 Å². The molecule has 0 unspecified atom stereocenters. The maximum atomic E-state index is 13.5. The molecular weight excluding hydrogens is 472 g/mol. The molecule has 3 aromatic rings. The number of hydrogen-bond donors (Lipinski definition) is 0. The van der Waals surface area contributed by atoms with Crippen molar-refractivity contribution in [1.29, 1.82) is 0 Å². The van der Waals surface area contributed by atoms with E-state index in [2.05, 4.69) is 5.10 Å². The molecule has 10 heteroatoms. The SMILES string of the molecule is CC[C@@H](CN(Cc1nn2ccc(Cl)c2c(=O)n1-c1ccccc1)C(=O)OC(C)(C)C)OCCOC. The standard InChI is InChI=1S/C25H33ClN4O5/c1-6-19(34-15-14-33-5)16-28(24(32)35-25(2,3)4)17-21-27-29-13-12-20(26)22(29)23(31)30(21)18-10-8-7-9-11-18/h7-13,19H,6,14-17H2,1-5H3/t19-/m0/s1. The van der Waals surface area contributed by atoms with Crippen molar-refractivity contribution in [2.45, 2.75) is 52.4 Å². The van der Waals surface area contributed by atoms with Crippen LogP contribution in [0.3, 0.4) is 0 Å². The highest BCUT2D eigenvalue weighted by Gasteiger charge is 2.27. The summed E-state index contributed by atoms with van der Waals surface area (Å²) in [6.07, 6.45) is 1.53. The molecule has 0 fully saturated rings. The van der Waals surface area contributed by atoms with Crippen LogP contribution in [-0.4, -0.2) is 63.7 Å². The highest BCUT2D eigenvalue weighted by Crippen LogP contribution is 2.19. The van der Waals surface area contributed by atoms with E-state index in [1.807, 2.05) is 45.9 Å². The zero-order chi connectivity index (χ0) is 25.6. The lowest BCUT2D eigenvalue weighted by atomic mass is 10.2. The van der Waals surface area contributed by atoms with Crippen LogP contribution in [0.4, 0.5) is 4.79 Å².